The van der Waals surface area contributed by atoms with Crippen molar-refractivity contribution >= 4 is 45.1 Å². The molecule has 0 bridgehead atoms. The highest BCUT2D eigenvalue weighted by atomic mass is 33.1. The average Bonchev–Trinajstić information content (AvgIpc) is 2.55. The van der Waals surface area contributed by atoms with Crippen molar-refractivity contribution < 1.29 is 60.0 Å². The summed E-state index contributed by atoms with van der Waals surface area (Å²) >= 11 is 0. The van der Waals surface area contributed by atoms with Crippen molar-refractivity contribution in [3.05, 3.63) is 0 Å². The highest BCUT2D eigenvalue weighted by Crippen LogP contribution is 2.44. The first kappa shape index (κ1) is 22.7. The highest BCUT2D eigenvalue weighted by molar-refractivity contribution is 8.78. The second-order valence-electron chi connectivity index (χ2n) is 4.19. The van der Waals surface area contributed by atoms with E-state index >= 15 is 0 Å². The van der Waals surface area contributed by atoms with E-state index in [0.29, 0.717) is 0 Å². The normalized spacial score (nSPS) is 18.8. The van der Waals surface area contributed by atoms with Gasteiger partial charge in [0.2, 0.25) is 11.6 Å². The zero-order valence-electron chi connectivity index (χ0n) is 11.6. The summed E-state index contributed by atoms with van der Waals surface area (Å²) < 4.78 is 0. The fourth-order valence-electron chi connectivity index (χ4n) is 1.10. The number of rotatable bonds is 11. The van der Waals surface area contributed by atoms with E-state index in [2.05, 4.69) is 0 Å². The summed E-state index contributed by atoms with van der Waals surface area (Å²) in [6.45, 7) is -2.52. The van der Waals surface area contributed by atoms with Crippen LogP contribution in [0.2, 0.25) is 0 Å². The van der Waals surface area contributed by atoms with Gasteiger partial charge in [0.15, 0.2) is 0 Å². The van der Waals surface area contributed by atoms with Crippen LogP contribution >= 0.6 is 21.6 Å². The minimum Gasteiger partial charge on any atom is -0.478 e. The van der Waals surface area contributed by atoms with Crippen molar-refractivity contribution in [3.63, 3.8) is 0 Å². The van der Waals surface area contributed by atoms with E-state index < -0.39 is 80.4 Å². The van der Waals surface area contributed by atoms with Gasteiger partial charge in [-0.05, 0) is 21.6 Å². The third-order valence-electron chi connectivity index (χ3n) is 2.48. The number of aliphatic carboxylic acids is 2. The number of aliphatic hydroxyl groups is 6. The molecule has 14 heteroatoms. The van der Waals surface area contributed by atoms with Crippen molar-refractivity contribution in [3.8, 4) is 0 Å². The van der Waals surface area contributed by atoms with Crippen LogP contribution in [0.5, 0.6) is 0 Å². The van der Waals surface area contributed by atoms with E-state index in [1.54, 1.807) is 0 Å². The molecule has 0 spiro atoms. The number of aliphatic hydroxyl groups excluding tert-OH is 4. The molecule has 0 saturated carbocycles. The zero-order valence-corrected chi connectivity index (χ0v) is 13.2. The number of ketones is 2. The van der Waals surface area contributed by atoms with Crippen LogP contribution < -0.4 is 0 Å². The Morgan fingerprint density at radius 2 is 1.00 bits per heavy atom. The predicted molar refractivity (Wildman–Crippen MR) is 76.6 cm³/mol. The van der Waals surface area contributed by atoms with Gasteiger partial charge < -0.3 is 40.9 Å². The van der Waals surface area contributed by atoms with Crippen LogP contribution in [-0.4, -0.2) is 99.6 Å². The molecule has 0 aliphatic carbocycles. The van der Waals surface area contributed by atoms with Gasteiger partial charge in [-0.25, -0.2) is 9.59 Å². The molecule has 0 aliphatic rings. The Bertz CT molecular complexity index is 478. The smallest absolute Gasteiger partial charge is 0.355 e. The Kier molecular flexibility index (Phi) is 8.27. The number of hydrogen-bond acceptors (Lipinski definition) is 12. The number of hydrogen-bond donors (Lipinski definition) is 8. The molecule has 0 fully saturated rings. The van der Waals surface area contributed by atoms with Crippen LogP contribution in [-0.2, 0) is 19.2 Å². The molecule has 8 N–H and O–H groups in total. The molecule has 0 aliphatic heterocycles. The van der Waals surface area contributed by atoms with Crippen molar-refractivity contribution in [1.82, 2.24) is 0 Å². The lowest BCUT2D eigenvalue weighted by molar-refractivity contribution is -0.161. The maximum atomic E-state index is 11.6. The van der Waals surface area contributed by atoms with Crippen LogP contribution in [0.25, 0.3) is 0 Å². The first-order valence-corrected chi connectivity index (χ1v) is 7.98. The lowest BCUT2D eigenvalue weighted by atomic mass is 10.1. The Morgan fingerprint density at radius 1 is 0.750 bits per heavy atom. The Labute approximate surface area is 141 Å². The Hall–Kier alpha value is -1.26. The summed E-state index contributed by atoms with van der Waals surface area (Å²) in [6.07, 6.45) is -4.67. The topological polar surface area (TPSA) is 230 Å². The van der Waals surface area contributed by atoms with E-state index in [1.807, 2.05) is 0 Å². The Balaban J connectivity index is 5.59. The summed E-state index contributed by atoms with van der Waals surface area (Å²) in [5.74, 6) is -8.25. The first-order valence-electron chi connectivity index (χ1n) is 5.83. The molecule has 0 amide bonds. The fraction of sp³-hybridized carbons (Fsp3) is 0.600. The van der Waals surface area contributed by atoms with Gasteiger partial charge in [0.1, 0.15) is 12.2 Å². The maximum absolute atomic E-state index is 11.6. The highest BCUT2D eigenvalue weighted by Gasteiger charge is 2.54. The summed E-state index contributed by atoms with van der Waals surface area (Å²) in [5, 5.41) is 72.8. The number of carboxylic acids is 2. The quantitative estimate of drug-likeness (QED) is 0.0949. The predicted octanol–water partition coefficient (Wildman–Crippen LogP) is -4.24. The van der Waals surface area contributed by atoms with Crippen molar-refractivity contribution in [1.29, 1.82) is 0 Å². The molecule has 0 radical (unpaired) electrons. The number of carbonyl (C=O) groups excluding carboxylic acids is 2. The fourth-order valence-corrected chi connectivity index (χ4v) is 3.57. The van der Waals surface area contributed by atoms with Crippen LogP contribution in [0.3, 0.4) is 0 Å². The minimum absolute atomic E-state index is 0.517. The van der Waals surface area contributed by atoms with Crippen molar-refractivity contribution in [2.24, 2.45) is 0 Å². The largest absolute Gasteiger partial charge is 0.478 e. The van der Waals surface area contributed by atoms with E-state index in [9.17, 15) is 29.4 Å². The van der Waals surface area contributed by atoms with Gasteiger partial charge in [-0.2, -0.15) is 0 Å². The van der Waals surface area contributed by atoms with Crippen molar-refractivity contribution in [2.75, 3.05) is 13.2 Å². The van der Waals surface area contributed by atoms with Gasteiger partial charge in [0.05, 0.1) is 13.2 Å². The minimum atomic E-state index is -3.53. The van der Waals surface area contributed by atoms with E-state index in [-0.39, 0.29) is 0 Å². The zero-order chi connectivity index (χ0) is 19.3. The number of carboxylic acid groups (broad SMARTS) is 2. The lowest BCUT2D eigenvalue weighted by Crippen LogP contribution is -2.52. The second kappa shape index (κ2) is 8.72. The monoisotopic (exact) mass is 390 g/mol. The molecular weight excluding hydrogens is 376 g/mol. The molecule has 0 rings (SSSR count). The van der Waals surface area contributed by atoms with Gasteiger partial charge in [-0.1, -0.05) is 0 Å². The molecule has 0 heterocycles. The summed E-state index contributed by atoms with van der Waals surface area (Å²) in [7, 11) is -1.03. The van der Waals surface area contributed by atoms with Gasteiger partial charge >= 0.3 is 11.9 Å². The molecule has 0 aromatic rings. The molecule has 4 unspecified atom stereocenters. The van der Waals surface area contributed by atoms with Crippen LogP contribution in [0, 0.1) is 0 Å². The van der Waals surface area contributed by atoms with Crippen molar-refractivity contribution in [2.45, 2.75) is 22.1 Å². The number of carbonyl (C=O) groups is 4. The van der Waals surface area contributed by atoms with Gasteiger partial charge in [-0.15, -0.1) is 0 Å². The molecule has 138 valence electrons. The summed E-state index contributed by atoms with van der Waals surface area (Å²) in [6, 6.07) is 0. The third kappa shape index (κ3) is 4.64. The molecular formula is C10H14O12S2. The molecule has 0 aromatic carbocycles. The van der Waals surface area contributed by atoms with Gasteiger partial charge in [0, 0.05) is 0 Å². The van der Waals surface area contributed by atoms with Crippen LogP contribution in [0.1, 0.15) is 0 Å². The molecule has 4 atom stereocenters. The second-order valence-corrected chi connectivity index (χ2v) is 6.71. The standard InChI is InChI=1S/C10H14O12S2/c11-1-3(13)5(15)9(21,7(17)18)23-24-10(22,8(19)20)6(16)4(14)2-12/h3-4,11-14,21-22H,1-2H2,(H,17,18)(H,19,20). The number of Topliss-reactive ketones (excluding diaryl/α,β-unsaturated/α-hetero) is 2. The first-order chi connectivity index (χ1) is 10.9. The van der Waals surface area contributed by atoms with Gasteiger partial charge in [-0.3, -0.25) is 9.59 Å². The van der Waals surface area contributed by atoms with Crippen LogP contribution in [0.4, 0.5) is 0 Å². The third-order valence-corrected chi connectivity index (χ3v) is 5.50. The van der Waals surface area contributed by atoms with E-state index in [4.69, 9.17) is 30.6 Å². The SMILES string of the molecule is O=C(O)C(O)(SSC(O)(C(=O)O)C(=O)C(O)CO)C(=O)C(O)CO. The average molecular weight is 390 g/mol. The van der Waals surface area contributed by atoms with Crippen LogP contribution in [0.15, 0.2) is 0 Å². The molecule has 0 saturated heterocycles. The lowest BCUT2D eigenvalue weighted by Gasteiger charge is -2.27. The molecule has 0 aromatic heterocycles. The van der Waals surface area contributed by atoms with Gasteiger partial charge in [0.25, 0.3) is 9.87 Å². The summed E-state index contributed by atoms with van der Waals surface area (Å²) in [5.41, 5.74) is 0. The molecule has 12 nitrogen and oxygen atoms in total. The summed E-state index contributed by atoms with van der Waals surface area (Å²) in [4.78, 5) is 38.2. The van der Waals surface area contributed by atoms with E-state index in [0.717, 1.165) is 0 Å². The maximum Gasteiger partial charge on any atom is 0.355 e. The van der Waals surface area contributed by atoms with E-state index in [1.165, 1.54) is 0 Å². The molecule has 24 heavy (non-hydrogen) atoms. The Morgan fingerprint density at radius 3 is 1.17 bits per heavy atom.